The van der Waals surface area contributed by atoms with Gasteiger partial charge in [-0.2, -0.15) is 10.5 Å². The minimum atomic E-state index is -5.37. The van der Waals surface area contributed by atoms with Crippen LogP contribution in [0.1, 0.15) is 33.4 Å². The zero-order valence-corrected chi connectivity index (χ0v) is 20.4. The van der Waals surface area contributed by atoms with Crippen molar-refractivity contribution in [1.29, 1.82) is 10.5 Å². The van der Waals surface area contributed by atoms with Gasteiger partial charge in [-0.1, -0.05) is 0 Å². The summed E-state index contributed by atoms with van der Waals surface area (Å²) in [5.41, 5.74) is 8.83. The van der Waals surface area contributed by atoms with Gasteiger partial charge in [0.2, 0.25) is 9.84 Å². The summed E-state index contributed by atoms with van der Waals surface area (Å²) in [6.07, 6.45) is 0. The lowest BCUT2D eigenvalue weighted by Gasteiger charge is -2.23. The molecule has 2 aromatic carbocycles. The van der Waals surface area contributed by atoms with E-state index in [1.54, 1.807) is 12.1 Å². The molecule has 2 rings (SSSR count). The van der Waals surface area contributed by atoms with Gasteiger partial charge in [-0.3, -0.25) is 9.13 Å². The lowest BCUT2D eigenvalue weighted by molar-refractivity contribution is 0.384. The fourth-order valence-electron chi connectivity index (χ4n) is 3.59. The highest BCUT2D eigenvalue weighted by molar-refractivity contribution is 7.93. The number of sulfone groups is 1. The third kappa shape index (κ3) is 4.05. The topological polar surface area (TPSA) is 249 Å². The van der Waals surface area contributed by atoms with Gasteiger partial charge in [0.1, 0.15) is 21.9 Å². The van der Waals surface area contributed by atoms with E-state index in [2.05, 4.69) is 0 Å². The second-order valence-electron chi connectivity index (χ2n) is 7.25. The highest BCUT2D eigenvalue weighted by Crippen LogP contribution is 2.47. The van der Waals surface area contributed by atoms with Gasteiger partial charge in [-0.05, 0) is 49.9 Å². The van der Waals surface area contributed by atoms with Gasteiger partial charge in [0.15, 0.2) is 0 Å². The first kappa shape index (κ1) is 26.5. The Morgan fingerprint density at radius 1 is 0.697 bits per heavy atom. The lowest BCUT2D eigenvalue weighted by Crippen LogP contribution is -2.29. The summed E-state index contributed by atoms with van der Waals surface area (Å²) in [5, 5.41) is 16.9. The molecule has 0 bridgehead atoms. The summed E-state index contributed by atoms with van der Waals surface area (Å²) in [5.74, 6) is 0. The average Bonchev–Trinajstić information content (AvgIpc) is 2.65. The molecule has 0 saturated heterocycles. The standard InChI is InChI=1S/C18H20N4O8P2S/c1-7-9(3)15(31(23,24)25)17(13(21)11(7)5-19)33(29,30)18-14(22)12(6-20)8(2)10(4)16(18)32(26,27)28/h21-22H2,1-4H3,(H2,23,24,25)(H2,26,27,28). The molecule has 0 aromatic heterocycles. The molecule has 0 aliphatic heterocycles. The van der Waals surface area contributed by atoms with Crippen molar-refractivity contribution in [2.24, 2.45) is 0 Å². The number of hydrogen-bond donors (Lipinski definition) is 6. The average molecular weight is 514 g/mol. The van der Waals surface area contributed by atoms with E-state index in [0.29, 0.717) is 0 Å². The van der Waals surface area contributed by atoms with Gasteiger partial charge in [-0.15, -0.1) is 0 Å². The number of nitrogen functional groups attached to an aromatic ring is 2. The normalized spacial score (nSPS) is 12.3. The van der Waals surface area contributed by atoms with Crippen LogP contribution in [-0.2, 0) is 19.0 Å². The third-order valence-corrected chi connectivity index (χ3v) is 9.90. The number of nitriles is 2. The van der Waals surface area contributed by atoms with Gasteiger partial charge < -0.3 is 31.0 Å². The van der Waals surface area contributed by atoms with Gasteiger partial charge in [0.05, 0.1) is 33.1 Å². The van der Waals surface area contributed by atoms with Crippen molar-refractivity contribution in [1.82, 2.24) is 0 Å². The zero-order chi connectivity index (χ0) is 25.8. The highest BCUT2D eigenvalue weighted by Gasteiger charge is 2.42. The van der Waals surface area contributed by atoms with Gasteiger partial charge in [-0.25, -0.2) is 8.42 Å². The van der Waals surface area contributed by atoms with Crippen molar-refractivity contribution in [2.45, 2.75) is 37.5 Å². The predicted molar refractivity (Wildman–Crippen MR) is 119 cm³/mol. The van der Waals surface area contributed by atoms with Crippen molar-refractivity contribution in [2.75, 3.05) is 11.5 Å². The summed E-state index contributed by atoms with van der Waals surface area (Å²) in [7, 11) is -16.1. The summed E-state index contributed by atoms with van der Waals surface area (Å²) in [6.45, 7) is 4.94. The Bertz CT molecular complexity index is 1400. The number of nitrogens with zero attached hydrogens (tertiary/aromatic N) is 2. The third-order valence-electron chi connectivity index (χ3n) is 5.39. The lowest BCUT2D eigenvalue weighted by atomic mass is 10.0. The highest BCUT2D eigenvalue weighted by atomic mass is 32.2. The van der Waals surface area contributed by atoms with E-state index in [1.165, 1.54) is 13.8 Å². The second kappa shape index (κ2) is 8.24. The molecule has 15 heteroatoms. The first-order valence-electron chi connectivity index (χ1n) is 8.88. The van der Waals surface area contributed by atoms with E-state index in [0.717, 1.165) is 13.8 Å². The first-order chi connectivity index (χ1) is 14.8. The SMILES string of the molecule is Cc1c(C)c(P(=O)(O)O)c(S(=O)(=O)c2c(N)c(C#N)c(C)c(C)c2P(=O)(O)O)c(N)c1C#N. The molecule has 0 heterocycles. The molecule has 0 fully saturated rings. The van der Waals surface area contributed by atoms with Crippen LogP contribution in [0.15, 0.2) is 9.79 Å². The van der Waals surface area contributed by atoms with Crippen LogP contribution in [-0.4, -0.2) is 28.0 Å². The molecule has 0 aliphatic carbocycles. The molecular formula is C18H20N4O8P2S. The van der Waals surface area contributed by atoms with Crippen LogP contribution in [0.5, 0.6) is 0 Å². The molecule has 0 spiro atoms. The number of nitrogens with two attached hydrogens (primary N) is 2. The van der Waals surface area contributed by atoms with Crippen molar-refractivity contribution in [3.05, 3.63) is 33.4 Å². The maximum atomic E-state index is 13.8. The number of rotatable bonds is 4. The van der Waals surface area contributed by atoms with E-state index >= 15 is 0 Å². The molecule has 0 aliphatic rings. The molecule has 0 amide bonds. The number of anilines is 2. The Kier molecular flexibility index (Phi) is 6.63. The Morgan fingerprint density at radius 3 is 1.18 bits per heavy atom. The van der Waals surface area contributed by atoms with Crippen LogP contribution in [0.2, 0.25) is 0 Å². The van der Waals surface area contributed by atoms with E-state index < -0.39 is 67.9 Å². The van der Waals surface area contributed by atoms with Crippen molar-refractivity contribution < 1.29 is 37.1 Å². The molecular weight excluding hydrogens is 494 g/mol. The van der Waals surface area contributed by atoms with E-state index in [1.807, 2.05) is 0 Å². The molecule has 12 nitrogen and oxygen atoms in total. The predicted octanol–water partition coefficient (Wildman–Crippen LogP) is 0.267. The van der Waals surface area contributed by atoms with Crippen molar-refractivity contribution in [3.8, 4) is 12.1 Å². The molecule has 0 unspecified atom stereocenters. The molecule has 0 radical (unpaired) electrons. The van der Waals surface area contributed by atoms with E-state index in [4.69, 9.17) is 11.5 Å². The second-order valence-corrected chi connectivity index (χ2v) is 12.1. The molecule has 0 atom stereocenters. The Balaban J connectivity index is 3.38. The molecule has 33 heavy (non-hydrogen) atoms. The quantitative estimate of drug-likeness (QED) is 0.237. The van der Waals surface area contributed by atoms with Gasteiger partial charge >= 0.3 is 15.2 Å². The van der Waals surface area contributed by atoms with Gasteiger partial charge in [0, 0.05) is 0 Å². The monoisotopic (exact) mass is 514 g/mol. The Labute approximate surface area is 189 Å². The zero-order valence-electron chi connectivity index (χ0n) is 17.8. The van der Waals surface area contributed by atoms with Crippen LogP contribution < -0.4 is 22.1 Å². The van der Waals surface area contributed by atoms with E-state index in [-0.39, 0.29) is 22.3 Å². The Morgan fingerprint density at radius 2 is 0.970 bits per heavy atom. The van der Waals surface area contributed by atoms with Crippen LogP contribution >= 0.6 is 15.2 Å². The van der Waals surface area contributed by atoms with E-state index in [9.17, 15) is 47.6 Å². The molecule has 8 N–H and O–H groups in total. The maximum Gasteiger partial charge on any atom is 0.357 e. The molecule has 0 saturated carbocycles. The van der Waals surface area contributed by atoms with Crippen LogP contribution in [0, 0.1) is 50.4 Å². The summed E-state index contributed by atoms with van der Waals surface area (Å²) < 4.78 is 52.3. The minimum Gasteiger partial charge on any atom is -0.397 e. The van der Waals surface area contributed by atoms with Crippen molar-refractivity contribution >= 4 is 47.0 Å². The smallest absolute Gasteiger partial charge is 0.357 e. The Hall–Kier alpha value is -2.73. The number of benzene rings is 2. The fraction of sp³-hybridized carbons (Fsp3) is 0.222. The van der Waals surface area contributed by atoms with Gasteiger partial charge in [0.25, 0.3) is 0 Å². The summed E-state index contributed by atoms with van der Waals surface area (Å²) in [6, 6.07) is 3.34. The first-order valence-corrected chi connectivity index (χ1v) is 13.6. The summed E-state index contributed by atoms with van der Waals surface area (Å²) in [4.78, 5) is 37.4. The van der Waals surface area contributed by atoms with Crippen LogP contribution in [0.4, 0.5) is 11.4 Å². The molecule has 176 valence electrons. The van der Waals surface area contributed by atoms with Crippen LogP contribution in [0.3, 0.4) is 0 Å². The van der Waals surface area contributed by atoms with Crippen molar-refractivity contribution in [3.63, 3.8) is 0 Å². The largest absolute Gasteiger partial charge is 0.397 e. The maximum absolute atomic E-state index is 13.8. The fourth-order valence-corrected chi connectivity index (χ4v) is 8.81. The number of hydrogen-bond acceptors (Lipinski definition) is 8. The minimum absolute atomic E-state index is 0.00765. The summed E-state index contributed by atoms with van der Waals surface area (Å²) >= 11 is 0. The molecule has 2 aromatic rings. The van der Waals surface area contributed by atoms with Crippen LogP contribution in [0.25, 0.3) is 0 Å².